The lowest BCUT2D eigenvalue weighted by Crippen LogP contribution is -2.16. The second kappa shape index (κ2) is 11.3. The van der Waals surface area contributed by atoms with Crippen molar-refractivity contribution in [2.45, 2.75) is 19.3 Å². The number of hydrogen-bond donors (Lipinski definition) is 0. The molecule has 0 N–H and O–H groups in total. The maximum absolute atomic E-state index is 6.51. The summed E-state index contributed by atoms with van der Waals surface area (Å²) in [7, 11) is 0. The highest BCUT2D eigenvalue weighted by molar-refractivity contribution is 6.14. The average Bonchev–Trinajstić information content (AvgIpc) is 3.67. The Kier molecular flexibility index (Phi) is 6.53. The summed E-state index contributed by atoms with van der Waals surface area (Å²) in [5, 5.41) is 3.25. The Bertz CT molecular complexity index is 2760. The van der Waals surface area contributed by atoms with Crippen molar-refractivity contribution < 1.29 is 4.42 Å². The lowest BCUT2D eigenvalue weighted by atomic mass is 9.81. The molecule has 0 fully saturated rings. The molecular weight excluding hydrogens is 621 g/mol. The third-order valence-corrected chi connectivity index (χ3v) is 10.7. The zero-order chi connectivity index (χ0) is 34.1. The topological polar surface area (TPSA) is 29.3 Å². The first kappa shape index (κ1) is 29.5. The summed E-state index contributed by atoms with van der Waals surface area (Å²) in [6.45, 7) is 4.69. The summed E-state index contributed by atoms with van der Waals surface area (Å²) >= 11 is 0. The lowest BCUT2D eigenvalue weighted by Gasteiger charge is -2.29. The average molecular weight is 655 g/mol. The third-order valence-electron chi connectivity index (χ3n) is 10.7. The van der Waals surface area contributed by atoms with Gasteiger partial charge in [0.1, 0.15) is 16.9 Å². The van der Waals surface area contributed by atoms with Gasteiger partial charge in [0.15, 0.2) is 5.58 Å². The Balaban J connectivity index is 1.25. The molecule has 0 saturated heterocycles. The minimum absolute atomic E-state index is 0.133. The standard InChI is InChI=1S/C48H34N2O/c1-48(2)41-20-12-11-19-37(41)40-30-43(39(29-42(40)48)33-15-7-4-8-16-33)50(35-24-21-32(22-25-35)31-13-5-3-6-14-31)45-28-27-44-46(49-45)38-26-23-34-17-9-10-18-36(34)47(38)51-44/h3-30H,1-2H3. The highest BCUT2D eigenvalue weighted by Crippen LogP contribution is 2.53. The predicted octanol–water partition coefficient (Wildman–Crippen LogP) is 13.2. The van der Waals surface area contributed by atoms with E-state index in [9.17, 15) is 0 Å². The van der Waals surface area contributed by atoms with Crippen LogP contribution in [0.3, 0.4) is 0 Å². The Morgan fingerprint density at radius 3 is 2.00 bits per heavy atom. The van der Waals surface area contributed by atoms with Crippen LogP contribution in [0, 0.1) is 0 Å². The normalized spacial score (nSPS) is 13.1. The molecule has 1 aliphatic rings. The van der Waals surface area contributed by atoms with Crippen LogP contribution in [0.15, 0.2) is 174 Å². The van der Waals surface area contributed by atoms with Crippen molar-refractivity contribution in [1.29, 1.82) is 0 Å². The molecule has 0 aliphatic heterocycles. The molecule has 2 heterocycles. The van der Waals surface area contributed by atoms with E-state index < -0.39 is 0 Å². The Morgan fingerprint density at radius 1 is 0.510 bits per heavy atom. The molecule has 0 saturated carbocycles. The van der Waals surface area contributed by atoms with Crippen molar-refractivity contribution in [2.75, 3.05) is 4.90 Å². The lowest BCUT2D eigenvalue weighted by molar-refractivity contribution is 0.660. The molecule has 2 aromatic heterocycles. The first-order valence-electron chi connectivity index (χ1n) is 17.5. The van der Waals surface area contributed by atoms with E-state index >= 15 is 0 Å². The molecule has 0 spiro atoms. The van der Waals surface area contributed by atoms with E-state index in [-0.39, 0.29) is 5.41 Å². The zero-order valence-corrected chi connectivity index (χ0v) is 28.5. The van der Waals surface area contributed by atoms with E-state index in [0.717, 1.165) is 61.2 Å². The summed E-state index contributed by atoms with van der Waals surface area (Å²) < 4.78 is 6.51. The van der Waals surface area contributed by atoms with Crippen molar-refractivity contribution in [3.8, 4) is 33.4 Å². The number of nitrogens with zero attached hydrogens (tertiary/aromatic N) is 2. The van der Waals surface area contributed by atoms with E-state index in [0.29, 0.717) is 0 Å². The van der Waals surface area contributed by atoms with Gasteiger partial charge in [-0.05, 0) is 86.8 Å². The van der Waals surface area contributed by atoms with Gasteiger partial charge in [0.25, 0.3) is 0 Å². The molecular formula is C48H34N2O. The zero-order valence-electron chi connectivity index (χ0n) is 28.5. The number of pyridine rings is 1. The first-order valence-corrected chi connectivity index (χ1v) is 17.5. The van der Waals surface area contributed by atoms with Crippen molar-refractivity contribution >= 4 is 50.0 Å². The fourth-order valence-corrected chi connectivity index (χ4v) is 8.08. The Morgan fingerprint density at radius 2 is 1.20 bits per heavy atom. The van der Waals surface area contributed by atoms with Gasteiger partial charge >= 0.3 is 0 Å². The summed E-state index contributed by atoms with van der Waals surface area (Å²) in [5.41, 5.74) is 14.4. The molecule has 0 bridgehead atoms. The molecule has 0 unspecified atom stereocenters. The smallest absolute Gasteiger partial charge is 0.154 e. The second-order valence-electron chi connectivity index (χ2n) is 14.0. The van der Waals surface area contributed by atoms with Crippen LogP contribution in [0.4, 0.5) is 17.2 Å². The summed E-state index contributed by atoms with van der Waals surface area (Å²) in [5.74, 6) is 0.827. The quantitative estimate of drug-likeness (QED) is 0.185. The third kappa shape index (κ3) is 4.62. The molecule has 10 rings (SSSR count). The molecule has 3 heteroatoms. The van der Waals surface area contributed by atoms with Crippen LogP contribution < -0.4 is 4.90 Å². The van der Waals surface area contributed by atoms with Gasteiger partial charge in [-0.15, -0.1) is 0 Å². The molecule has 51 heavy (non-hydrogen) atoms. The number of rotatable bonds is 5. The van der Waals surface area contributed by atoms with Crippen molar-refractivity contribution in [1.82, 2.24) is 4.98 Å². The van der Waals surface area contributed by atoms with Gasteiger partial charge in [-0.25, -0.2) is 4.98 Å². The summed E-state index contributed by atoms with van der Waals surface area (Å²) in [6, 6.07) is 60.7. The van der Waals surface area contributed by atoms with E-state index in [1.807, 2.05) is 0 Å². The van der Waals surface area contributed by atoms with Gasteiger partial charge in [-0.2, -0.15) is 0 Å². The molecule has 9 aromatic rings. The van der Waals surface area contributed by atoms with Crippen molar-refractivity contribution in [3.05, 3.63) is 181 Å². The fraction of sp³-hybridized carbons (Fsp3) is 0.0625. The van der Waals surface area contributed by atoms with Crippen LogP contribution in [0.2, 0.25) is 0 Å². The van der Waals surface area contributed by atoms with Gasteiger partial charge in [0.05, 0.1) is 5.69 Å². The van der Waals surface area contributed by atoms with Gasteiger partial charge in [-0.3, -0.25) is 4.90 Å². The van der Waals surface area contributed by atoms with Crippen molar-refractivity contribution in [3.63, 3.8) is 0 Å². The van der Waals surface area contributed by atoms with Gasteiger partial charge in [0.2, 0.25) is 0 Å². The highest BCUT2D eigenvalue weighted by Gasteiger charge is 2.37. The molecule has 3 nitrogen and oxygen atoms in total. The van der Waals surface area contributed by atoms with Gasteiger partial charge in [-0.1, -0.05) is 141 Å². The largest absolute Gasteiger partial charge is 0.454 e. The summed E-state index contributed by atoms with van der Waals surface area (Å²) in [6.07, 6.45) is 0. The minimum Gasteiger partial charge on any atom is -0.454 e. The maximum Gasteiger partial charge on any atom is 0.154 e. The molecule has 7 aromatic carbocycles. The van der Waals surface area contributed by atoms with E-state index in [2.05, 4.69) is 189 Å². The van der Waals surface area contributed by atoms with Crippen LogP contribution in [-0.4, -0.2) is 4.98 Å². The van der Waals surface area contributed by atoms with Crippen molar-refractivity contribution in [2.24, 2.45) is 0 Å². The van der Waals surface area contributed by atoms with Crippen LogP contribution in [0.1, 0.15) is 25.0 Å². The molecule has 0 amide bonds. The van der Waals surface area contributed by atoms with Gasteiger partial charge in [0, 0.05) is 27.4 Å². The monoisotopic (exact) mass is 654 g/mol. The van der Waals surface area contributed by atoms with Gasteiger partial charge < -0.3 is 4.42 Å². The fourth-order valence-electron chi connectivity index (χ4n) is 8.08. The molecule has 0 radical (unpaired) electrons. The molecule has 0 atom stereocenters. The van der Waals surface area contributed by atoms with Crippen LogP contribution >= 0.6 is 0 Å². The van der Waals surface area contributed by atoms with Crippen LogP contribution in [-0.2, 0) is 5.41 Å². The Hall–Kier alpha value is -6.45. The van der Waals surface area contributed by atoms with E-state index in [4.69, 9.17) is 9.40 Å². The molecule has 242 valence electrons. The maximum atomic E-state index is 6.51. The second-order valence-corrected chi connectivity index (χ2v) is 14.0. The number of aromatic nitrogens is 1. The SMILES string of the molecule is CC1(C)c2ccccc2-c2cc(N(c3ccc(-c4ccccc4)cc3)c3ccc4oc5c6ccccc6ccc5c4n3)c(-c3ccccc3)cc21. The van der Waals surface area contributed by atoms with Crippen LogP contribution in [0.5, 0.6) is 0 Å². The number of fused-ring (bicyclic) bond motifs is 8. The van der Waals surface area contributed by atoms with E-state index in [1.54, 1.807) is 0 Å². The highest BCUT2D eigenvalue weighted by atomic mass is 16.3. The minimum atomic E-state index is -0.133. The predicted molar refractivity (Wildman–Crippen MR) is 212 cm³/mol. The number of anilines is 3. The number of hydrogen-bond acceptors (Lipinski definition) is 3. The Labute approximate surface area is 297 Å². The number of benzene rings is 7. The van der Waals surface area contributed by atoms with E-state index in [1.165, 1.54) is 33.4 Å². The number of furan rings is 1. The summed E-state index contributed by atoms with van der Waals surface area (Å²) in [4.78, 5) is 7.76. The first-order chi connectivity index (χ1) is 25.0. The molecule has 1 aliphatic carbocycles. The van der Waals surface area contributed by atoms with Crippen LogP contribution in [0.25, 0.3) is 66.2 Å².